The molecule has 1 aliphatic rings. The molecular formula is C23H25ClO6. The van der Waals surface area contributed by atoms with Crippen LogP contribution in [0.4, 0.5) is 0 Å². The number of carbonyl (C=O) groups is 2. The number of carbonyl (C=O) groups excluding carboxylic acids is 2. The molecule has 30 heavy (non-hydrogen) atoms. The number of hydrogen-bond acceptors (Lipinski definition) is 6. The Kier molecular flexibility index (Phi) is 6.87. The Morgan fingerprint density at radius 1 is 0.933 bits per heavy atom. The van der Waals surface area contributed by atoms with E-state index >= 15 is 0 Å². The van der Waals surface area contributed by atoms with Gasteiger partial charge in [-0.05, 0) is 42.7 Å². The van der Waals surface area contributed by atoms with Gasteiger partial charge in [-0.15, -0.1) is 0 Å². The van der Waals surface area contributed by atoms with Crippen LogP contribution in [0.5, 0.6) is 17.2 Å². The van der Waals surface area contributed by atoms with Gasteiger partial charge in [-0.3, -0.25) is 9.59 Å². The summed E-state index contributed by atoms with van der Waals surface area (Å²) in [6, 6.07) is 10.3. The minimum Gasteiger partial charge on any atom is -0.493 e. The Morgan fingerprint density at radius 2 is 1.50 bits per heavy atom. The molecule has 0 radical (unpaired) electrons. The van der Waals surface area contributed by atoms with Crippen LogP contribution in [-0.2, 0) is 14.9 Å². The van der Waals surface area contributed by atoms with Crippen LogP contribution in [0.2, 0.25) is 5.02 Å². The van der Waals surface area contributed by atoms with Gasteiger partial charge < -0.3 is 18.9 Å². The summed E-state index contributed by atoms with van der Waals surface area (Å²) in [7, 11) is 4.44. The number of benzene rings is 2. The van der Waals surface area contributed by atoms with Gasteiger partial charge in [-0.1, -0.05) is 36.6 Å². The van der Waals surface area contributed by atoms with Crippen molar-refractivity contribution in [1.82, 2.24) is 0 Å². The lowest BCUT2D eigenvalue weighted by Crippen LogP contribution is -2.35. The first-order chi connectivity index (χ1) is 14.4. The van der Waals surface area contributed by atoms with Gasteiger partial charge in [0, 0.05) is 10.6 Å². The molecule has 0 aliphatic heterocycles. The third-order valence-corrected chi connectivity index (χ3v) is 5.82. The van der Waals surface area contributed by atoms with Crippen molar-refractivity contribution in [2.75, 3.05) is 27.9 Å². The quantitative estimate of drug-likeness (QED) is 0.448. The highest BCUT2D eigenvalue weighted by Gasteiger charge is 2.44. The zero-order valence-corrected chi connectivity index (χ0v) is 18.1. The van der Waals surface area contributed by atoms with Crippen molar-refractivity contribution < 1.29 is 28.5 Å². The average molecular weight is 433 g/mol. The summed E-state index contributed by atoms with van der Waals surface area (Å²) >= 11 is 5.99. The van der Waals surface area contributed by atoms with Gasteiger partial charge in [0.25, 0.3) is 0 Å². The molecule has 0 amide bonds. The average Bonchev–Trinajstić information content (AvgIpc) is 3.27. The van der Waals surface area contributed by atoms with E-state index in [1.54, 1.807) is 24.3 Å². The van der Waals surface area contributed by atoms with Gasteiger partial charge >= 0.3 is 5.97 Å². The molecule has 0 bridgehead atoms. The summed E-state index contributed by atoms with van der Waals surface area (Å²) in [4.78, 5) is 25.8. The maximum absolute atomic E-state index is 13.1. The van der Waals surface area contributed by atoms with Crippen LogP contribution in [0.25, 0.3) is 0 Å². The third-order valence-electron chi connectivity index (χ3n) is 5.57. The summed E-state index contributed by atoms with van der Waals surface area (Å²) in [5.41, 5.74) is 0.444. The molecular weight excluding hydrogens is 408 g/mol. The number of ether oxygens (including phenoxy) is 4. The number of esters is 1. The van der Waals surface area contributed by atoms with E-state index in [1.807, 2.05) is 12.1 Å². The van der Waals surface area contributed by atoms with E-state index in [2.05, 4.69) is 0 Å². The fourth-order valence-electron chi connectivity index (χ4n) is 3.95. The molecule has 0 saturated heterocycles. The van der Waals surface area contributed by atoms with Crippen molar-refractivity contribution in [3.05, 3.63) is 52.5 Å². The molecule has 1 saturated carbocycles. The van der Waals surface area contributed by atoms with Crippen LogP contribution < -0.4 is 14.2 Å². The maximum Gasteiger partial charge on any atom is 0.317 e. The van der Waals surface area contributed by atoms with Gasteiger partial charge in [0.15, 0.2) is 18.1 Å². The van der Waals surface area contributed by atoms with Gasteiger partial charge in [0.1, 0.15) is 0 Å². The molecule has 1 aliphatic carbocycles. The molecule has 0 atom stereocenters. The summed E-state index contributed by atoms with van der Waals surface area (Å²) < 4.78 is 21.3. The molecule has 0 aromatic heterocycles. The maximum atomic E-state index is 13.1. The monoisotopic (exact) mass is 432 g/mol. The van der Waals surface area contributed by atoms with E-state index in [1.165, 1.54) is 21.3 Å². The Bertz CT molecular complexity index is 891. The van der Waals surface area contributed by atoms with Crippen LogP contribution in [0.3, 0.4) is 0 Å². The molecule has 0 heterocycles. The highest BCUT2D eigenvalue weighted by atomic mass is 35.5. The van der Waals surface area contributed by atoms with E-state index in [4.69, 9.17) is 30.5 Å². The summed E-state index contributed by atoms with van der Waals surface area (Å²) in [5.74, 6) is 0.371. The van der Waals surface area contributed by atoms with E-state index in [0.717, 1.165) is 18.4 Å². The molecule has 7 heteroatoms. The fourth-order valence-corrected chi connectivity index (χ4v) is 4.08. The van der Waals surface area contributed by atoms with Crippen molar-refractivity contribution in [2.45, 2.75) is 31.1 Å². The number of Topliss-reactive ketones (excluding diaryl/α,β-unsaturated/α-hetero) is 1. The summed E-state index contributed by atoms with van der Waals surface area (Å²) in [5, 5.41) is 0.609. The van der Waals surface area contributed by atoms with Crippen molar-refractivity contribution in [1.29, 1.82) is 0 Å². The topological polar surface area (TPSA) is 71.1 Å². The molecule has 0 unspecified atom stereocenters. The van der Waals surface area contributed by atoms with Crippen LogP contribution in [0, 0.1) is 0 Å². The molecule has 1 fully saturated rings. The zero-order chi connectivity index (χ0) is 21.7. The SMILES string of the molecule is COc1cc(C(=O)COC(=O)C2(c3ccc(Cl)cc3)CCCC2)cc(OC)c1OC. The second-order valence-electron chi connectivity index (χ2n) is 7.21. The molecule has 0 spiro atoms. The predicted octanol–water partition coefficient (Wildman–Crippen LogP) is 4.60. The fraction of sp³-hybridized carbons (Fsp3) is 0.391. The first-order valence-corrected chi connectivity index (χ1v) is 10.1. The van der Waals surface area contributed by atoms with E-state index in [0.29, 0.717) is 40.7 Å². The number of rotatable bonds is 8. The van der Waals surface area contributed by atoms with E-state index < -0.39 is 5.41 Å². The largest absolute Gasteiger partial charge is 0.493 e. The van der Waals surface area contributed by atoms with Crippen LogP contribution >= 0.6 is 11.6 Å². The number of methoxy groups -OCH3 is 3. The highest BCUT2D eigenvalue weighted by Crippen LogP contribution is 2.43. The Hall–Kier alpha value is -2.73. The highest BCUT2D eigenvalue weighted by molar-refractivity contribution is 6.30. The first-order valence-electron chi connectivity index (χ1n) is 9.71. The van der Waals surface area contributed by atoms with E-state index in [9.17, 15) is 9.59 Å². The summed E-state index contributed by atoms with van der Waals surface area (Å²) in [6.45, 7) is -0.368. The van der Waals surface area contributed by atoms with Crippen LogP contribution in [0.15, 0.2) is 36.4 Å². The smallest absolute Gasteiger partial charge is 0.317 e. The van der Waals surface area contributed by atoms with Gasteiger partial charge in [0.2, 0.25) is 11.5 Å². The number of halogens is 1. The normalized spacial score (nSPS) is 14.8. The van der Waals surface area contributed by atoms with Crippen LogP contribution in [0.1, 0.15) is 41.6 Å². The lowest BCUT2D eigenvalue weighted by molar-refractivity contribution is -0.149. The molecule has 160 valence electrons. The second kappa shape index (κ2) is 9.39. The second-order valence-corrected chi connectivity index (χ2v) is 7.65. The van der Waals surface area contributed by atoms with Crippen molar-refractivity contribution in [3.8, 4) is 17.2 Å². The van der Waals surface area contributed by atoms with Gasteiger partial charge in [-0.25, -0.2) is 0 Å². The zero-order valence-electron chi connectivity index (χ0n) is 17.3. The standard InChI is InChI=1S/C23H25ClO6/c1-27-19-12-15(13-20(28-2)21(19)29-3)18(25)14-30-22(26)23(10-4-5-11-23)16-6-8-17(24)9-7-16/h6-9,12-13H,4-5,10-11,14H2,1-3H3. The number of hydrogen-bond donors (Lipinski definition) is 0. The van der Waals surface area contributed by atoms with Gasteiger partial charge in [0.05, 0.1) is 26.7 Å². The Balaban J connectivity index is 1.78. The minimum absolute atomic E-state index is 0.310. The Labute approximate surface area is 181 Å². The predicted molar refractivity (Wildman–Crippen MR) is 113 cm³/mol. The lowest BCUT2D eigenvalue weighted by atomic mass is 9.79. The van der Waals surface area contributed by atoms with Gasteiger partial charge in [-0.2, -0.15) is 0 Å². The minimum atomic E-state index is -0.736. The van der Waals surface area contributed by atoms with Crippen molar-refractivity contribution in [2.24, 2.45) is 0 Å². The number of ketones is 1. The molecule has 3 rings (SSSR count). The van der Waals surface area contributed by atoms with Crippen LogP contribution in [-0.4, -0.2) is 39.7 Å². The summed E-state index contributed by atoms with van der Waals surface area (Å²) in [6.07, 6.45) is 3.23. The van der Waals surface area contributed by atoms with E-state index in [-0.39, 0.29) is 18.4 Å². The Morgan fingerprint density at radius 3 is 2.00 bits per heavy atom. The van der Waals surface area contributed by atoms with Crippen molar-refractivity contribution >= 4 is 23.4 Å². The molecule has 2 aromatic rings. The molecule has 2 aromatic carbocycles. The lowest BCUT2D eigenvalue weighted by Gasteiger charge is -2.27. The molecule has 0 N–H and O–H groups in total. The molecule has 6 nitrogen and oxygen atoms in total. The van der Waals surface area contributed by atoms with Crippen molar-refractivity contribution in [3.63, 3.8) is 0 Å². The third kappa shape index (κ3) is 4.24. The first kappa shape index (κ1) is 22.0.